The van der Waals surface area contributed by atoms with E-state index in [0.717, 1.165) is 18.7 Å². The summed E-state index contributed by atoms with van der Waals surface area (Å²) in [6, 6.07) is 7.48. The highest BCUT2D eigenvalue weighted by Gasteiger charge is 2.16. The second-order valence-electron chi connectivity index (χ2n) is 4.69. The Morgan fingerprint density at radius 3 is 3.14 bits per heavy atom. The third-order valence-electron chi connectivity index (χ3n) is 3.22. The van der Waals surface area contributed by atoms with Gasteiger partial charge in [-0.05, 0) is 17.7 Å². The molecule has 2 aromatic rings. The van der Waals surface area contributed by atoms with Crippen molar-refractivity contribution < 1.29 is 9.47 Å². The van der Waals surface area contributed by atoms with Crippen molar-refractivity contribution in [2.45, 2.75) is 6.10 Å². The first-order valence-corrected chi connectivity index (χ1v) is 6.67. The predicted molar refractivity (Wildman–Crippen MR) is 77.3 cm³/mol. The van der Waals surface area contributed by atoms with Crippen molar-refractivity contribution in [3.63, 3.8) is 0 Å². The molecule has 0 amide bonds. The lowest BCUT2D eigenvalue weighted by atomic mass is 10.1. The van der Waals surface area contributed by atoms with Gasteiger partial charge in [-0.2, -0.15) is 0 Å². The van der Waals surface area contributed by atoms with Crippen LogP contribution in [0.15, 0.2) is 35.4 Å². The van der Waals surface area contributed by atoms with Crippen molar-refractivity contribution in [1.82, 2.24) is 15.3 Å². The number of benzene rings is 1. The minimum atomic E-state index is -0.420. The van der Waals surface area contributed by atoms with Crippen molar-refractivity contribution in [1.29, 1.82) is 0 Å². The van der Waals surface area contributed by atoms with E-state index in [1.807, 2.05) is 18.2 Å². The molecule has 7 heteroatoms. The molecule has 4 N–H and O–H groups in total. The van der Waals surface area contributed by atoms with Crippen LogP contribution in [0.5, 0.6) is 11.6 Å². The lowest BCUT2D eigenvalue weighted by Gasteiger charge is -2.24. The van der Waals surface area contributed by atoms with Crippen LogP contribution in [0, 0.1) is 0 Å². The lowest BCUT2D eigenvalue weighted by Crippen LogP contribution is -2.33. The molecule has 0 bridgehead atoms. The van der Waals surface area contributed by atoms with Crippen molar-refractivity contribution in [2.24, 2.45) is 0 Å². The van der Waals surface area contributed by atoms with Crippen LogP contribution < -0.4 is 21.3 Å². The number of ether oxygens (including phenoxy) is 2. The number of nitrogens with one attached hydrogen (secondary N) is 2. The maximum atomic E-state index is 11.4. The van der Waals surface area contributed by atoms with Crippen molar-refractivity contribution in [3.8, 4) is 11.6 Å². The predicted octanol–water partition coefficient (Wildman–Crippen LogP) is 0.805. The fourth-order valence-electron chi connectivity index (χ4n) is 2.14. The van der Waals surface area contributed by atoms with Gasteiger partial charge in [-0.3, -0.25) is 4.79 Å². The Hall–Kier alpha value is -2.38. The van der Waals surface area contributed by atoms with Crippen molar-refractivity contribution in [2.75, 3.05) is 25.4 Å². The smallest absolute Gasteiger partial charge is 0.277 e. The fraction of sp³-hybridized carbons (Fsp3) is 0.286. The van der Waals surface area contributed by atoms with Gasteiger partial charge in [0.15, 0.2) is 5.69 Å². The van der Waals surface area contributed by atoms with Crippen LogP contribution in [0.1, 0.15) is 11.7 Å². The largest absolute Gasteiger partial charge is 0.437 e. The summed E-state index contributed by atoms with van der Waals surface area (Å²) < 4.78 is 11.3. The Morgan fingerprint density at radius 1 is 1.43 bits per heavy atom. The average Bonchev–Trinajstić information content (AvgIpc) is 2.53. The van der Waals surface area contributed by atoms with Gasteiger partial charge in [-0.25, -0.2) is 4.98 Å². The number of nitrogens with zero attached hydrogens (tertiary/aromatic N) is 1. The monoisotopic (exact) mass is 288 g/mol. The molecule has 1 aromatic heterocycles. The highest BCUT2D eigenvalue weighted by molar-refractivity contribution is 5.47. The number of H-pyrrole nitrogens is 1. The normalized spacial score (nSPS) is 18.4. The second kappa shape index (κ2) is 5.94. The Balaban J connectivity index is 1.82. The summed E-state index contributed by atoms with van der Waals surface area (Å²) in [6.07, 6.45) is 1.25. The number of hydrogen-bond acceptors (Lipinski definition) is 6. The lowest BCUT2D eigenvalue weighted by molar-refractivity contribution is 0.0276. The van der Waals surface area contributed by atoms with Gasteiger partial charge < -0.3 is 25.5 Å². The van der Waals surface area contributed by atoms with Crippen LogP contribution in [-0.4, -0.2) is 29.7 Å². The Morgan fingerprint density at radius 2 is 2.33 bits per heavy atom. The van der Waals surface area contributed by atoms with E-state index in [1.54, 1.807) is 6.07 Å². The number of aromatic nitrogens is 2. The summed E-state index contributed by atoms with van der Waals surface area (Å²) in [6.45, 7) is 2.30. The SMILES string of the molecule is Nc1c(Oc2cccc(C3CNCCO3)c2)nc[nH]c1=O. The first kappa shape index (κ1) is 13.6. The topological polar surface area (TPSA) is 102 Å². The molecule has 110 valence electrons. The van der Waals surface area contributed by atoms with Gasteiger partial charge in [0.05, 0.1) is 19.0 Å². The molecule has 7 nitrogen and oxygen atoms in total. The van der Waals surface area contributed by atoms with Crippen LogP contribution in [0.25, 0.3) is 0 Å². The molecule has 1 aliphatic heterocycles. The van der Waals surface area contributed by atoms with Gasteiger partial charge in [0, 0.05) is 13.1 Å². The highest BCUT2D eigenvalue weighted by Crippen LogP contribution is 2.26. The van der Waals surface area contributed by atoms with E-state index in [1.165, 1.54) is 6.33 Å². The van der Waals surface area contributed by atoms with Crippen LogP contribution >= 0.6 is 0 Å². The number of nitrogen functional groups attached to an aromatic ring is 1. The molecule has 1 atom stereocenters. The highest BCUT2D eigenvalue weighted by atomic mass is 16.5. The van der Waals surface area contributed by atoms with Gasteiger partial charge in [0.25, 0.3) is 5.56 Å². The van der Waals surface area contributed by atoms with E-state index in [2.05, 4.69) is 15.3 Å². The van der Waals surface area contributed by atoms with E-state index in [9.17, 15) is 4.79 Å². The quantitative estimate of drug-likeness (QED) is 0.772. The Labute approximate surface area is 121 Å². The van der Waals surface area contributed by atoms with E-state index < -0.39 is 5.56 Å². The van der Waals surface area contributed by atoms with Crippen LogP contribution in [0.3, 0.4) is 0 Å². The molecular weight excluding hydrogens is 272 g/mol. The average molecular weight is 288 g/mol. The maximum Gasteiger partial charge on any atom is 0.277 e. The molecular formula is C14H16N4O3. The first-order chi connectivity index (χ1) is 10.2. The molecule has 0 aliphatic carbocycles. The van der Waals surface area contributed by atoms with Gasteiger partial charge in [0.2, 0.25) is 5.88 Å². The fourth-order valence-corrected chi connectivity index (χ4v) is 2.14. The minimum Gasteiger partial charge on any atom is -0.437 e. The maximum absolute atomic E-state index is 11.4. The summed E-state index contributed by atoms with van der Waals surface area (Å²) in [4.78, 5) is 17.7. The molecule has 0 saturated carbocycles. The summed E-state index contributed by atoms with van der Waals surface area (Å²) in [5.41, 5.74) is 6.18. The molecule has 1 aromatic carbocycles. The molecule has 1 unspecified atom stereocenters. The molecule has 1 saturated heterocycles. The molecule has 1 aliphatic rings. The van der Waals surface area contributed by atoms with E-state index in [4.69, 9.17) is 15.2 Å². The first-order valence-electron chi connectivity index (χ1n) is 6.67. The van der Waals surface area contributed by atoms with E-state index >= 15 is 0 Å². The van der Waals surface area contributed by atoms with Crippen LogP contribution in [0.4, 0.5) is 5.69 Å². The van der Waals surface area contributed by atoms with E-state index in [0.29, 0.717) is 12.4 Å². The zero-order chi connectivity index (χ0) is 14.7. The molecule has 0 radical (unpaired) electrons. The molecule has 1 fully saturated rings. The van der Waals surface area contributed by atoms with Crippen molar-refractivity contribution in [3.05, 3.63) is 46.5 Å². The van der Waals surface area contributed by atoms with Gasteiger partial charge in [-0.15, -0.1) is 0 Å². The summed E-state index contributed by atoms with van der Waals surface area (Å²) in [5, 5.41) is 3.28. The Kier molecular flexibility index (Phi) is 3.85. The van der Waals surface area contributed by atoms with Crippen LogP contribution in [-0.2, 0) is 4.74 Å². The standard InChI is InChI=1S/C14H16N4O3/c15-12-13(19)17-8-18-14(12)21-10-3-1-2-9(6-10)11-7-16-4-5-20-11/h1-3,6,8,11,16H,4-5,7,15H2,(H,17,18,19). The van der Waals surface area contributed by atoms with Crippen LogP contribution in [0.2, 0.25) is 0 Å². The number of anilines is 1. The number of rotatable bonds is 3. The van der Waals surface area contributed by atoms with Gasteiger partial charge in [0.1, 0.15) is 5.75 Å². The molecule has 3 rings (SSSR count). The zero-order valence-corrected chi connectivity index (χ0v) is 11.3. The van der Waals surface area contributed by atoms with E-state index in [-0.39, 0.29) is 17.7 Å². The number of morpholine rings is 1. The number of hydrogen-bond donors (Lipinski definition) is 3. The molecule has 2 heterocycles. The zero-order valence-electron chi connectivity index (χ0n) is 11.3. The third kappa shape index (κ3) is 3.04. The summed E-state index contributed by atoms with van der Waals surface area (Å²) >= 11 is 0. The second-order valence-corrected chi connectivity index (χ2v) is 4.69. The van der Waals surface area contributed by atoms with Gasteiger partial charge >= 0.3 is 0 Å². The minimum absolute atomic E-state index is 0.00761. The summed E-state index contributed by atoms with van der Waals surface area (Å²) in [7, 11) is 0. The molecule has 21 heavy (non-hydrogen) atoms. The Bertz CT molecular complexity index is 680. The third-order valence-corrected chi connectivity index (χ3v) is 3.22. The van der Waals surface area contributed by atoms with Gasteiger partial charge in [-0.1, -0.05) is 12.1 Å². The number of nitrogens with two attached hydrogens (primary N) is 1. The van der Waals surface area contributed by atoms with Crippen molar-refractivity contribution >= 4 is 5.69 Å². The number of aromatic amines is 1. The summed E-state index contributed by atoms with van der Waals surface area (Å²) in [5.74, 6) is 0.657. The molecule has 0 spiro atoms.